The zero-order chi connectivity index (χ0) is 17.4. The Balaban J connectivity index is 1.40. The van der Waals surface area contributed by atoms with E-state index in [9.17, 15) is 13.6 Å². The predicted octanol–water partition coefficient (Wildman–Crippen LogP) is 0.408. The number of hydrogen-bond donors (Lipinski definition) is 1. The molecule has 2 saturated heterocycles. The molecule has 25 heavy (non-hydrogen) atoms. The maximum atomic E-state index is 14.9. The molecule has 0 bridgehead atoms. The van der Waals surface area contributed by atoms with Crippen LogP contribution in [0.1, 0.15) is 25.3 Å². The SMILES string of the molecule is Nc1ccn(C2CC23O[C@@]2(C[C@@H]2N2CCOCC2)CC3(F)F)c(=O)n1. The van der Waals surface area contributed by atoms with Gasteiger partial charge in [0.2, 0.25) is 0 Å². The molecule has 2 unspecified atom stereocenters. The van der Waals surface area contributed by atoms with Crippen LogP contribution in [-0.4, -0.2) is 63.9 Å². The minimum atomic E-state index is -2.96. The van der Waals surface area contributed by atoms with Gasteiger partial charge in [-0.15, -0.1) is 0 Å². The number of ether oxygens (including phenoxy) is 2. The highest BCUT2D eigenvalue weighted by atomic mass is 19.3. The van der Waals surface area contributed by atoms with Crippen LogP contribution in [0.3, 0.4) is 0 Å². The van der Waals surface area contributed by atoms with Crippen LogP contribution >= 0.6 is 0 Å². The number of anilines is 1. The summed E-state index contributed by atoms with van der Waals surface area (Å²) in [5, 5.41) is 0. The molecule has 2 saturated carbocycles. The van der Waals surface area contributed by atoms with E-state index in [1.807, 2.05) is 0 Å². The fraction of sp³-hybridized carbons (Fsp3) is 0.750. The highest BCUT2D eigenvalue weighted by Crippen LogP contribution is 2.72. The fourth-order valence-corrected chi connectivity index (χ4v) is 4.64. The van der Waals surface area contributed by atoms with Crippen molar-refractivity contribution in [3.63, 3.8) is 0 Å². The molecule has 4 aliphatic rings. The topological polar surface area (TPSA) is 82.6 Å². The second-order valence-corrected chi connectivity index (χ2v) is 7.57. The second-order valence-electron chi connectivity index (χ2n) is 7.57. The van der Waals surface area contributed by atoms with Gasteiger partial charge in [0.05, 0.1) is 24.9 Å². The molecule has 0 aromatic carbocycles. The number of alkyl halides is 2. The largest absolute Gasteiger partial charge is 0.383 e. The summed E-state index contributed by atoms with van der Waals surface area (Å²) in [7, 11) is 0. The van der Waals surface area contributed by atoms with E-state index in [2.05, 4.69) is 9.88 Å². The Hall–Kier alpha value is -1.58. The summed E-state index contributed by atoms with van der Waals surface area (Å²) < 4.78 is 42.4. The number of nitrogens with zero attached hydrogens (tertiary/aromatic N) is 3. The smallest absolute Gasteiger partial charge is 0.349 e. The minimum Gasteiger partial charge on any atom is -0.383 e. The van der Waals surface area contributed by atoms with Crippen LogP contribution in [0.5, 0.6) is 0 Å². The molecule has 5 rings (SSSR count). The molecule has 7 nitrogen and oxygen atoms in total. The van der Waals surface area contributed by atoms with Crippen LogP contribution < -0.4 is 11.4 Å². The third-order valence-corrected chi connectivity index (χ3v) is 6.06. The van der Waals surface area contributed by atoms with Crippen molar-refractivity contribution in [1.29, 1.82) is 0 Å². The molecule has 0 amide bonds. The third kappa shape index (κ3) is 2.12. The van der Waals surface area contributed by atoms with Crippen molar-refractivity contribution < 1.29 is 18.3 Å². The van der Waals surface area contributed by atoms with E-state index in [0.717, 1.165) is 13.1 Å². The van der Waals surface area contributed by atoms with Gasteiger partial charge in [0.15, 0.2) is 5.60 Å². The molecule has 3 heterocycles. The summed E-state index contributed by atoms with van der Waals surface area (Å²) >= 11 is 0. The Morgan fingerprint density at radius 3 is 2.72 bits per heavy atom. The van der Waals surface area contributed by atoms with Crippen molar-refractivity contribution in [3.05, 3.63) is 22.7 Å². The summed E-state index contributed by atoms with van der Waals surface area (Å²) in [5.41, 5.74) is 2.49. The summed E-state index contributed by atoms with van der Waals surface area (Å²) in [6.07, 6.45) is 1.89. The standard InChI is InChI=1S/C16H20F2N4O3/c17-16(18)9-14(7-10(14)21-3-5-24-6-4-21)25-15(16)8-11(15)22-2-1-12(19)20-13(22)23/h1-2,10-11H,3-9H2,(H2,19,20,23)/t10-,11?,14-,15?/m0/s1. The third-order valence-electron chi connectivity index (χ3n) is 6.06. The van der Waals surface area contributed by atoms with Crippen molar-refractivity contribution in [2.75, 3.05) is 32.0 Å². The van der Waals surface area contributed by atoms with E-state index < -0.39 is 28.9 Å². The van der Waals surface area contributed by atoms with Gasteiger partial charge < -0.3 is 15.2 Å². The van der Waals surface area contributed by atoms with Crippen LogP contribution in [0.25, 0.3) is 0 Å². The normalized spacial score (nSPS) is 42.2. The van der Waals surface area contributed by atoms with Crippen molar-refractivity contribution in [1.82, 2.24) is 14.5 Å². The van der Waals surface area contributed by atoms with E-state index >= 15 is 0 Å². The van der Waals surface area contributed by atoms with Gasteiger partial charge in [-0.3, -0.25) is 9.47 Å². The Bertz CT molecular complexity index is 781. The molecule has 0 radical (unpaired) electrons. The van der Waals surface area contributed by atoms with E-state index in [1.165, 1.54) is 16.8 Å². The van der Waals surface area contributed by atoms with Gasteiger partial charge in [0.1, 0.15) is 5.82 Å². The first kappa shape index (κ1) is 15.7. The van der Waals surface area contributed by atoms with Gasteiger partial charge >= 0.3 is 5.69 Å². The lowest BCUT2D eigenvalue weighted by Crippen LogP contribution is -2.41. The van der Waals surface area contributed by atoms with E-state index in [0.29, 0.717) is 19.6 Å². The van der Waals surface area contributed by atoms with Gasteiger partial charge in [0, 0.05) is 38.2 Å². The van der Waals surface area contributed by atoms with E-state index in [1.54, 1.807) is 0 Å². The number of morpholine rings is 1. The first-order chi connectivity index (χ1) is 11.9. The zero-order valence-electron chi connectivity index (χ0n) is 13.7. The Kier molecular flexibility index (Phi) is 2.99. The summed E-state index contributed by atoms with van der Waals surface area (Å²) in [4.78, 5) is 17.8. The van der Waals surface area contributed by atoms with Crippen LogP contribution in [0.2, 0.25) is 0 Å². The van der Waals surface area contributed by atoms with Gasteiger partial charge in [0.25, 0.3) is 5.92 Å². The van der Waals surface area contributed by atoms with E-state index in [4.69, 9.17) is 15.2 Å². The second kappa shape index (κ2) is 4.77. The average Bonchev–Trinajstić information content (AvgIpc) is 3.42. The van der Waals surface area contributed by atoms with Gasteiger partial charge in [-0.2, -0.15) is 4.98 Å². The number of nitrogens with two attached hydrogens (primary N) is 1. The molecule has 4 fully saturated rings. The zero-order valence-corrected chi connectivity index (χ0v) is 13.7. The van der Waals surface area contributed by atoms with Crippen LogP contribution in [-0.2, 0) is 9.47 Å². The quantitative estimate of drug-likeness (QED) is 0.828. The average molecular weight is 354 g/mol. The predicted molar refractivity (Wildman–Crippen MR) is 83.5 cm³/mol. The lowest BCUT2D eigenvalue weighted by atomic mass is 10.1. The maximum Gasteiger partial charge on any atom is 0.349 e. The van der Waals surface area contributed by atoms with Crippen molar-refractivity contribution in [2.24, 2.45) is 0 Å². The van der Waals surface area contributed by atoms with Crippen molar-refractivity contribution >= 4 is 5.82 Å². The molecule has 2 spiro atoms. The molecule has 2 aliphatic heterocycles. The molecule has 136 valence electrons. The number of nitrogen functional groups attached to an aromatic ring is 1. The fourth-order valence-electron chi connectivity index (χ4n) is 4.64. The number of halogens is 2. The lowest BCUT2D eigenvalue weighted by Gasteiger charge is -2.28. The highest BCUT2D eigenvalue weighted by molar-refractivity contribution is 5.31. The van der Waals surface area contributed by atoms with Crippen molar-refractivity contribution in [3.8, 4) is 0 Å². The monoisotopic (exact) mass is 354 g/mol. The molecule has 9 heteroatoms. The molecule has 1 aromatic rings. The summed E-state index contributed by atoms with van der Waals surface area (Å²) in [6, 6.07) is 0.779. The molecule has 2 aliphatic carbocycles. The molecular weight excluding hydrogens is 334 g/mol. The van der Waals surface area contributed by atoms with Crippen molar-refractivity contribution in [2.45, 2.75) is 48.5 Å². The molecule has 1 aromatic heterocycles. The van der Waals surface area contributed by atoms with E-state index in [-0.39, 0.29) is 24.7 Å². The van der Waals surface area contributed by atoms with Crippen LogP contribution in [0, 0.1) is 0 Å². The molecule has 2 N–H and O–H groups in total. The maximum absolute atomic E-state index is 14.9. The van der Waals surface area contributed by atoms with Gasteiger partial charge in [-0.1, -0.05) is 0 Å². The number of rotatable bonds is 2. The highest BCUT2D eigenvalue weighted by Gasteiger charge is 2.84. The summed E-state index contributed by atoms with van der Waals surface area (Å²) in [5.74, 6) is -2.87. The lowest BCUT2D eigenvalue weighted by molar-refractivity contribution is -0.107. The Morgan fingerprint density at radius 1 is 1.24 bits per heavy atom. The number of aromatic nitrogens is 2. The van der Waals surface area contributed by atoms with Gasteiger partial charge in [-0.05, 0) is 12.5 Å². The minimum absolute atomic E-state index is 0.0177. The number of hydrogen-bond acceptors (Lipinski definition) is 6. The van der Waals surface area contributed by atoms with Gasteiger partial charge in [-0.25, -0.2) is 13.6 Å². The van der Waals surface area contributed by atoms with Crippen LogP contribution in [0.15, 0.2) is 17.1 Å². The first-order valence-electron chi connectivity index (χ1n) is 8.61. The Labute approximate surface area is 142 Å². The summed E-state index contributed by atoms with van der Waals surface area (Å²) in [6.45, 7) is 2.75. The Morgan fingerprint density at radius 2 is 2.00 bits per heavy atom. The molecule has 4 atom stereocenters. The van der Waals surface area contributed by atoms with Crippen LogP contribution in [0.4, 0.5) is 14.6 Å². The molecular formula is C16H20F2N4O3. The first-order valence-corrected chi connectivity index (χ1v) is 8.61.